The quantitative estimate of drug-likeness (QED) is 0.876. The fraction of sp³-hybridized carbons (Fsp3) is 0.167. The molecule has 16 heavy (non-hydrogen) atoms. The summed E-state index contributed by atoms with van der Waals surface area (Å²) in [6.45, 7) is 0. The van der Waals surface area contributed by atoms with Crippen molar-refractivity contribution in [1.29, 1.82) is 0 Å². The number of thiophene rings is 1. The number of hydrogen-bond acceptors (Lipinski definition) is 3. The molecule has 0 saturated heterocycles. The fourth-order valence-electron chi connectivity index (χ4n) is 1.56. The van der Waals surface area contributed by atoms with Crippen LogP contribution in [-0.2, 0) is 12.8 Å². The zero-order valence-electron chi connectivity index (χ0n) is 8.72. The predicted octanol–water partition coefficient (Wildman–Crippen LogP) is 2.03. The minimum absolute atomic E-state index is 0.408. The Labute approximate surface area is 97.9 Å². The van der Waals surface area contributed by atoms with Gasteiger partial charge in [-0.1, -0.05) is 6.07 Å². The Hall–Kier alpha value is -1.68. The summed E-state index contributed by atoms with van der Waals surface area (Å²) >= 11 is 1.71. The number of pyridine rings is 1. The van der Waals surface area contributed by atoms with Crippen LogP contribution in [0, 0.1) is 0 Å². The molecule has 1 amide bonds. The normalized spacial score (nSPS) is 10.2. The van der Waals surface area contributed by atoms with Gasteiger partial charge in [0.15, 0.2) is 0 Å². The van der Waals surface area contributed by atoms with E-state index in [1.54, 1.807) is 29.7 Å². The Morgan fingerprint density at radius 1 is 1.31 bits per heavy atom. The van der Waals surface area contributed by atoms with E-state index in [2.05, 4.69) is 11.1 Å². The number of nitrogens with two attached hydrogens (primary N) is 1. The minimum Gasteiger partial charge on any atom is -0.366 e. The second kappa shape index (κ2) is 4.90. The highest BCUT2D eigenvalue weighted by atomic mass is 32.1. The van der Waals surface area contributed by atoms with Crippen molar-refractivity contribution in [2.24, 2.45) is 5.73 Å². The molecule has 0 aliphatic rings. The lowest BCUT2D eigenvalue weighted by Gasteiger charge is -2.03. The highest BCUT2D eigenvalue weighted by Crippen LogP contribution is 2.13. The van der Waals surface area contributed by atoms with E-state index in [0.717, 1.165) is 18.5 Å². The summed E-state index contributed by atoms with van der Waals surface area (Å²) in [4.78, 5) is 16.7. The van der Waals surface area contributed by atoms with Gasteiger partial charge in [0, 0.05) is 11.1 Å². The molecule has 2 N–H and O–H groups in total. The Kier molecular flexibility index (Phi) is 3.31. The molecule has 82 valence electrons. The molecule has 0 aliphatic carbocycles. The van der Waals surface area contributed by atoms with E-state index in [1.807, 2.05) is 11.4 Å². The number of amides is 1. The monoisotopic (exact) mass is 232 g/mol. The maximum atomic E-state index is 11.2. The summed E-state index contributed by atoms with van der Waals surface area (Å²) in [7, 11) is 0. The summed E-state index contributed by atoms with van der Waals surface area (Å²) < 4.78 is 0. The summed E-state index contributed by atoms with van der Waals surface area (Å²) in [5.41, 5.74) is 6.60. The van der Waals surface area contributed by atoms with Gasteiger partial charge >= 0.3 is 0 Å². The SMILES string of the molecule is NC(=O)c1cccnc1CCc1cccs1. The lowest BCUT2D eigenvalue weighted by Crippen LogP contribution is -2.15. The topological polar surface area (TPSA) is 56.0 Å². The van der Waals surface area contributed by atoms with Gasteiger partial charge in [0.2, 0.25) is 0 Å². The standard InChI is InChI=1S/C12H12N2OS/c13-12(15)10-4-1-7-14-11(10)6-5-9-3-2-8-16-9/h1-4,7-8H,5-6H2,(H2,13,15). The number of primary amides is 1. The Balaban J connectivity index is 2.12. The Morgan fingerprint density at radius 2 is 2.19 bits per heavy atom. The molecule has 0 atom stereocenters. The predicted molar refractivity (Wildman–Crippen MR) is 64.5 cm³/mol. The number of hydrogen-bond donors (Lipinski definition) is 1. The van der Waals surface area contributed by atoms with Crippen LogP contribution >= 0.6 is 11.3 Å². The molecule has 0 fully saturated rings. The fourth-order valence-corrected chi connectivity index (χ4v) is 2.27. The molecule has 0 unspecified atom stereocenters. The third-order valence-corrected chi connectivity index (χ3v) is 3.28. The van der Waals surface area contributed by atoms with Gasteiger partial charge in [0.05, 0.1) is 11.3 Å². The third-order valence-electron chi connectivity index (χ3n) is 2.34. The molecule has 0 bridgehead atoms. The van der Waals surface area contributed by atoms with Crippen molar-refractivity contribution < 1.29 is 4.79 Å². The lowest BCUT2D eigenvalue weighted by molar-refractivity contribution is 0.0999. The number of rotatable bonds is 4. The summed E-state index contributed by atoms with van der Waals surface area (Å²) in [5, 5.41) is 2.04. The smallest absolute Gasteiger partial charge is 0.250 e. The molecule has 3 nitrogen and oxygen atoms in total. The van der Waals surface area contributed by atoms with E-state index in [1.165, 1.54) is 4.88 Å². The third kappa shape index (κ3) is 2.46. The van der Waals surface area contributed by atoms with E-state index >= 15 is 0 Å². The minimum atomic E-state index is -0.408. The van der Waals surface area contributed by atoms with Crippen molar-refractivity contribution in [3.05, 3.63) is 52.0 Å². The van der Waals surface area contributed by atoms with Gasteiger partial charge in [-0.25, -0.2) is 0 Å². The van der Waals surface area contributed by atoms with E-state index in [-0.39, 0.29) is 0 Å². The van der Waals surface area contributed by atoms with Crippen LogP contribution in [0.4, 0.5) is 0 Å². The Morgan fingerprint density at radius 3 is 2.88 bits per heavy atom. The van der Waals surface area contributed by atoms with Gasteiger partial charge in [0.25, 0.3) is 5.91 Å². The van der Waals surface area contributed by atoms with E-state index < -0.39 is 5.91 Å². The highest BCUT2D eigenvalue weighted by molar-refractivity contribution is 7.09. The molecular weight excluding hydrogens is 220 g/mol. The first-order valence-corrected chi connectivity index (χ1v) is 5.91. The van der Waals surface area contributed by atoms with Gasteiger partial charge in [-0.15, -0.1) is 11.3 Å². The van der Waals surface area contributed by atoms with Crippen molar-refractivity contribution in [1.82, 2.24) is 4.98 Å². The van der Waals surface area contributed by atoms with E-state index in [9.17, 15) is 4.79 Å². The number of carbonyl (C=O) groups is 1. The molecule has 0 aliphatic heterocycles. The first-order valence-electron chi connectivity index (χ1n) is 5.03. The first-order chi connectivity index (χ1) is 7.77. The van der Waals surface area contributed by atoms with Crippen LogP contribution in [-0.4, -0.2) is 10.9 Å². The largest absolute Gasteiger partial charge is 0.366 e. The molecule has 2 aromatic heterocycles. The van der Waals surface area contributed by atoms with Crippen LogP contribution in [0.2, 0.25) is 0 Å². The molecule has 0 saturated carbocycles. The average molecular weight is 232 g/mol. The molecule has 0 spiro atoms. The zero-order chi connectivity index (χ0) is 11.4. The van der Waals surface area contributed by atoms with Gasteiger partial charge in [-0.05, 0) is 36.4 Å². The van der Waals surface area contributed by atoms with Gasteiger partial charge in [0.1, 0.15) is 0 Å². The number of nitrogens with zero attached hydrogens (tertiary/aromatic N) is 1. The van der Waals surface area contributed by atoms with Crippen LogP contribution < -0.4 is 5.73 Å². The van der Waals surface area contributed by atoms with Gasteiger partial charge in [-0.3, -0.25) is 9.78 Å². The summed E-state index contributed by atoms with van der Waals surface area (Å²) in [5.74, 6) is -0.408. The van der Waals surface area contributed by atoms with Crippen molar-refractivity contribution in [2.75, 3.05) is 0 Å². The van der Waals surface area contributed by atoms with Crippen molar-refractivity contribution in [3.63, 3.8) is 0 Å². The van der Waals surface area contributed by atoms with Gasteiger partial charge < -0.3 is 5.73 Å². The van der Waals surface area contributed by atoms with Crippen LogP contribution in [0.5, 0.6) is 0 Å². The van der Waals surface area contributed by atoms with Gasteiger partial charge in [-0.2, -0.15) is 0 Å². The van der Waals surface area contributed by atoms with Crippen LogP contribution in [0.3, 0.4) is 0 Å². The number of carbonyl (C=O) groups excluding carboxylic acids is 1. The Bertz CT molecular complexity index is 480. The number of aryl methyl sites for hydroxylation is 2. The van der Waals surface area contributed by atoms with Crippen LogP contribution in [0.15, 0.2) is 35.8 Å². The molecule has 2 rings (SSSR count). The first kappa shape index (κ1) is 10.8. The van der Waals surface area contributed by atoms with Crippen molar-refractivity contribution in [3.8, 4) is 0 Å². The van der Waals surface area contributed by atoms with E-state index in [0.29, 0.717) is 5.56 Å². The molecule has 0 aromatic carbocycles. The van der Waals surface area contributed by atoms with Crippen LogP contribution in [0.25, 0.3) is 0 Å². The van der Waals surface area contributed by atoms with E-state index in [4.69, 9.17) is 5.73 Å². The molecule has 2 aromatic rings. The molecule has 0 radical (unpaired) electrons. The highest BCUT2D eigenvalue weighted by Gasteiger charge is 2.08. The maximum absolute atomic E-state index is 11.2. The molecular formula is C12H12N2OS. The second-order valence-electron chi connectivity index (χ2n) is 3.44. The molecule has 2 heterocycles. The maximum Gasteiger partial charge on any atom is 0.250 e. The second-order valence-corrected chi connectivity index (χ2v) is 4.47. The zero-order valence-corrected chi connectivity index (χ0v) is 9.54. The van der Waals surface area contributed by atoms with Crippen LogP contribution in [0.1, 0.15) is 20.9 Å². The number of aromatic nitrogens is 1. The lowest BCUT2D eigenvalue weighted by atomic mass is 10.1. The van der Waals surface area contributed by atoms with Crippen molar-refractivity contribution in [2.45, 2.75) is 12.8 Å². The summed E-state index contributed by atoms with van der Waals surface area (Å²) in [6, 6.07) is 7.55. The summed E-state index contributed by atoms with van der Waals surface area (Å²) in [6.07, 6.45) is 3.34. The average Bonchev–Trinajstić information content (AvgIpc) is 2.79. The van der Waals surface area contributed by atoms with Crippen molar-refractivity contribution >= 4 is 17.2 Å². The molecule has 4 heteroatoms.